The summed E-state index contributed by atoms with van der Waals surface area (Å²) in [6, 6.07) is 5.40. The van der Waals surface area contributed by atoms with Crippen molar-refractivity contribution < 1.29 is 23.9 Å². The fourth-order valence-electron chi connectivity index (χ4n) is 6.34. The van der Waals surface area contributed by atoms with Gasteiger partial charge in [0.2, 0.25) is 11.8 Å². The summed E-state index contributed by atoms with van der Waals surface area (Å²) >= 11 is 0. The van der Waals surface area contributed by atoms with Crippen molar-refractivity contribution in [1.82, 2.24) is 15.5 Å². The number of rotatable bonds is 7. The zero-order chi connectivity index (χ0) is 25.1. The highest BCUT2D eigenvalue weighted by atomic mass is 16.5. The molecule has 3 atom stereocenters. The summed E-state index contributed by atoms with van der Waals surface area (Å²) in [6.45, 7) is 1.40. The molecular weight excluding hydrogens is 458 g/mol. The van der Waals surface area contributed by atoms with Crippen molar-refractivity contribution in [3.63, 3.8) is 0 Å². The van der Waals surface area contributed by atoms with Crippen LogP contribution in [-0.4, -0.2) is 60.6 Å². The average Bonchev–Trinajstić information content (AvgIpc) is 3.04. The Morgan fingerprint density at radius 3 is 2.58 bits per heavy atom. The maximum Gasteiger partial charge on any atom is 0.255 e. The van der Waals surface area contributed by atoms with Crippen molar-refractivity contribution in [1.29, 1.82) is 0 Å². The van der Waals surface area contributed by atoms with Crippen LogP contribution in [0.3, 0.4) is 0 Å². The Morgan fingerprint density at radius 1 is 1.00 bits per heavy atom. The van der Waals surface area contributed by atoms with Gasteiger partial charge < -0.3 is 19.7 Å². The summed E-state index contributed by atoms with van der Waals surface area (Å²) in [4.78, 5) is 38.4. The molecule has 1 saturated heterocycles. The van der Waals surface area contributed by atoms with E-state index in [9.17, 15) is 14.4 Å². The lowest BCUT2D eigenvalue weighted by Gasteiger charge is -2.32. The Bertz CT molecular complexity index is 974. The van der Waals surface area contributed by atoms with Crippen LogP contribution >= 0.6 is 0 Å². The highest BCUT2D eigenvalue weighted by molar-refractivity contribution is 6.05. The number of piperidine rings is 1. The molecule has 1 aromatic carbocycles. The minimum absolute atomic E-state index is 0.101. The van der Waals surface area contributed by atoms with Crippen molar-refractivity contribution in [2.75, 3.05) is 13.7 Å². The molecule has 0 radical (unpaired) electrons. The van der Waals surface area contributed by atoms with E-state index in [0.29, 0.717) is 36.6 Å². The number of imide groups is 1. The van der Waals surface area contributed by atoms with E-state index < -0.39 is 6.04 Å². The third-order valence-electron chi connectivity index (χ3n) is 8.53. The summed E-state index contributed by atoms with van der Waals surface area (Å²) in [5, 5.41) is 6.21. The number of benzene rings is 1. The molecule has 36 heavy (non-hydrogen) atoms. The molecule has 196 valence electrons. The fraction of sp³-hybridized carbons (Fsp3) is 0.679. The van der Waals surface area contributed by atoms with Gasteiger partial charge in [0, 0.05) is 31.7 Å². The molecule has 5 rings (SSSR count). The van der Waals surface area contributed by atoms with Gasteiger partial charge in [-0.05, 0) is 87.6 Å². The Kier molecular flexibility index (Phi) is 7.91. The molecule has 0 spiro atoms. The first-order valence-corrected chi connectivity index (χ1v) is 13.7. The normalized spacial score (nSPS) is 31.1. The molecule has 8 nitrogen and oxygen atoms in total. The number of ether oxygens (including phenoxy) is 2. The monoisotopic (exact) mass is 497 g/mol. The van der Waals surface area contributed by atoms with Gasteiger partial charge in [0.25, 0.3) is 5.91 Å². The number of amides is 3. The lowest BCUT2D eigenvalue weighted by molar-refractivity contribution is -0.136. The Morgan fingerprint density at radius 2 is 1.81 bits per heavy atom. The van der Waals surface area contributed by atoms with Crippen molar-refractivity contribution >= 4 is 17.7 Å². The van der Waals surface area contributed by atoms with Crippen LogP contribution in [0.5, 0.6) is 5.75 Å². The van der Waals surface area contributed by atoms with Gasteiger partial charge in [0.15, 0.2) is 0 Å². The number of hydrogen-bond acceptors (Lipinski definition) is 6. The number of methoxy groups -OCH3 is 1. The standard InChI is InChI=1S/C28H39N3O5/c1-35-20-9-7-18(8-10-20)16-29-23-5-3-2-4-6-25(23)36-21-11-12-22-19(15-21)17-31(28(22)34)24-13-14-26(32)30-27(24)33/h11-12,15,18,20,23-25,29H,2-10,13-14,16-17H2,1H3,(H,30,32,33)/t18?,20?,23-,24?,25+/m1/s1. The molecule has 2 N–H and O–H groups in total. The topological polar surface area (TPSA) is 97.0 Å². The minimum Gasteiger partial charge on any atom is -0.489 e. The smallest absolute Gasteiger partial charge is 0.255 e. The third-order valence-corrected chi connectivity index (χ3v) is 8.53. The van der Waals surface area contributed by atoms with E-state index in [4.69, 9.17) is 9.47 Å². The Hall–Kier alpha value is -2.45. The van der Waals surface area contributed by atoms with Crippen LogP contribution in [0.4, 0.5) is 0 Å². The molecule has 0 aromatic heterocycles. The predicted molar refractivity (Wildman–Crippen MR) is 135 cm³/mol. The van der Waals surface area contributed by atoms with Crippen LogP contribution in [0.25, 0.3) is 0 Å². The zero-order valence-electron chi connectivity index (χ0n) is 21.3. The number of carbonyl (C=O) groups excluding carboxylic acids is 3. The molecule has 1 unspecified atom stereocenters. The van der Waals surface area contributed by atoms with E-state index in [0.717, 1.165) is 50.0 Å². The van der Waals surface area contributed by atoms with Gasteiger partial charge in [-0.25, -0.2) is 0 Å². The van der Waals surface area contributed by atoms with E-state index in [-0.39, 0.29) is 30.2 Å². The van der Waals surface area contributed by atoms with Gasteiger partial charge in [0.05, 0.1) is 6.10 Å². The van der Waals surface area contributed by atoms with Gasteiger partial charge in [0.1, 0.15) is 17.9 Å². The van der Waals surface area contributed by atoms with E-state index >= 15 is 0 Å². The largest absolute Gasteiger partial charge is 0.489 e. The van der Waals surface area contributed by atoms with Gasteiger partial charge in [-0.2, -0.15) is 0 Å². The van der Waals surface area contributed by atoms with Gasteiger partial charge in [-0.15, -0.1) is 0 Å². The third kappa shape index (κ3) is 5.59. The molecule has 8 heteroatoms. The molecule has 3 amide bonds. The molecule has 2 aliphatic heterocycles. The first kappa shape index (κ1) is 25.2. The first-order valence-electron chi connectivity index (χ1n) is 13.7. The molecular formula is C28H39N3O5. The number of fused-ring (bicyclic) bond motifs is 1. The Balaban J connectivity index is 1.21. The maximum absolute atomic E-state index is 13.0. The number of hydrogen-bond donors (Lipinski definition) is 2. The lowest BCUT2D eigenvalue weighted by Crippen LogP contribution is -2.52. The molecule has 0 bridgehead atoms. The van der Waals surface area contributed by atoms with Crippen molar-refractivity contribution in [3.8, 4) is 5.75 Å². The SMILES string of the molecule is COC1CCC(CN[C@@H]2CCCCC[C@@H]2Oc2ccc3c(c2)CN(C2CCC(=O)NC2=O)C3=O)CC1. The molecule has 4 aliphatic rings. The minimum atomic E-state index is -0.596. The van der Waals surface area contributed by atoms with E-state index in [1.165, 1.54) is 25.7 Å². The van der Waals surface area contributed by atoms with E-state index in [1.807, 2.05) is 25.3 Å². The van der Waals surface area contributed by atoms with Crippen molar-refractivity contribution in [2.24, 2.45) is 5.92 Å². The summed E-state index contributed by atoms with van der Waals surface area (Å²) in [6.07, 6.45) is 11.6. The van der Waals surface area contributed by atoms with E-state index in [2.05, 4.69) is 10.6 Å². The van der Waals surface area contributed by atoms with Crippen LogP contribution in [0.15, 0.2) is 18.2 Å². The second-order valence-corrected chi connectivity index (χ2v) is 10.9. The molecule has 2 saturated carbocycles. The summed E-state index contributed by atoms with van der Waals surface area (Å²) in [7, 11) is 1.82. The highest BCUT2D eigenvalue weighted by Crippen LogP contribution is 2.32. The highest BCUT2D eigenvalue weighted by Gasteiger charge is 2.39. The van der Waals surface area contributed by atoms with Crippen LogP contribution in [0, 0.1) is 5.92 Å². The summed E-state index contributed by atoms with van der Waals surface area (Å²) < 4.78 is 12.1. The first-order chi connectivity index (χ1) is 17.5. The van der Waals surface area contributed by atoms with Gasteiger partial charge >= 0.3 is 0 Å². The van der Waals surface area contributed by atoms with E-state index in [1.54, 1.807) is 4.90 Å². The number of nitrogens with one attached hydrogen (secondary N) is 2. The second kappa shape index (κ2) is 11.3. The quantitative estimate of drug-likeness (QED) is 0.443. The molecule has 1 aromatic rings. The van der Waals surface area contributed by atoms with Crippen LogP contribution in [-0.2, 0) is 20.9 Å². The molecule has 2 heterocycles. The van der Waals surface area contributed by atoms with Crippen LogP contribution in [0.2, 0.25) is 0 Å². The zero-order valence-corrected chi connectivity index (χ0v) is 21.3. The molecule has 3 fully saturated rings. The second-order valence-electron chi connectivity index (χ2n) is 10.9. The maximum atomic E-state index is 13.0. The van der Waals surface area contributed by atoms with Gasteiger partial charge in [-0.1, -0.05) is 12.8 Å². The fourth-order valence-corrected chi connectivity index (χ4v) is 6.34. The number of carbonyl (C=O) groups is 3. The predicted octanol–water partition coefficient (Wildman–Crippen LogP) is 3.32. The van der Waals surface area contributed by atoms with Crippen LogP contribution in [0.1, 0.15) is 86.6 Å². The average molecular weight is 498 g/mol. The van der Waals surface area contributed by atoms with Crippen molar-refractivity contribution in [3.05, 3.63) is 29.3 Å². The van der Waals surface area contributed by atoms with Gasteiger partial charge in [-0.3, -0.25) is 19.7 Å². The van der Waals surface area contributed by atoms with Crippen LogP contribution < -0.4 is 15.4 Å². The Labute approximate surface area is 213 Å². The van der Waals surface area contributed by atoms with Crippen molar-refractivity contribution in [2.45, 2.75) is 101 Å². The lowest BCUT2D eigenvalue weighted by atomic mass is 9.87. The summed E-state index contributed by atoms with van der Waals surface area (Å²) in [5.41, 5.74) is 1.50. The molecule has 2 aliphatic carbocycles. The number of nitrogens with zero attached hydrogens (tertiary/aromatic N) is 1. The summed E-state index contributed by atoms with van der Waals surface area (Å²) in [5.74, 6) is 0.677.